The number of pyridine rings is 1. The number of carbonyl (C=O) groups excluding carboxylic acids is 1. The van der Waals surface area contributed by atoms with Crippen LogP contribution in [0.1, 0.15) is 44.0 Å². The molecule has 2 heterocycles. The van der Waals surface area contributed by atoms with Crippen molar-refractivity contribution in [3.63, 3.8) is 0 Å². The topological polar surface area (TPSA) is 80.7 Å². The molecule has 28 heavy (non-hydrogen) atoms. The molecule has 0 spiro atoms. The fraction of sp³-hybridized carbons (Fsp3) is 0.429. The summed E-state index contributed by atoms with van der Waals surface area (Å²) in [4.78, 5) is 30.8. The van der Waals surface area contributed by atoms with E-state index in [9.17, 15) is 14.9 Å². The highest BCUT2D eigenvalue weighted by atomic mass is 16.6. The molecule has 0 atom stereocenters. The van der Waals surface area contributed by atoms with Gasteiger partial charge in [0.15, 0.2) is 0 Å². The van der Waals surface area contributed by atoms with Crippen LogP contribution < -0.4 is 10.4 Å². The van der Waals surface area contributed by atoms with Crippen molar-refractivity contribution >= 4 is 17.3 Å². The normalized spacial score (nSPS) is 15.9. The maximum atomic E-state index is 13.0. The minimum atomic E-state index is -0.404. The third-order valence-corrected chi connectivity index (χ3v) is 4.99. The summed E-state index contributed by atoms with van der Waals surface area (Å²) in [5, 5.41) is 11.7. The van der Waals surface area contributed by atoms with Gasteiger partial charge in [0, 0.05) is 37.0 Å². The van der Waals surface area contributed by atoms with E-state index in [0.29, 0.717) is 17.1 Å². The van der Waals surface area contributed by atoms with Crippen LogP contribution in [-0.2, 0) is 0 Å². The molecule has 0 amide bonds. The van der Waals surface area contributed by atoms with Gasteiger partial charge in [-0.1, -0.05) is 13.0 Å². The summed E-state index contributed by atoms with van der Waals surface area (Å²) in [5.41, 5.74) is 1.36. The van der Waals surface area contributed by atoms with Crippen LogP contribution in [0.5, 0.6) is 0 Å². The largest absolute Gasteiger partial charge is 0.366 e. The van der Waals surface area contributed by atoms with Crippen LogP contribution in [0.2, 0.25) is 0 Å². The summed E-state index contributed by atoms with van der Waals surface area (Å²) < 4.78 is 1.43. The average Bonchev–Trinajstić information content (AvgIpc) is 2.67. The number of piperidine rings is 1. The van der Waals surface area contributed by atoms with Crippen LogP contribution in [0.25, 0.3) is 0 Å². The van der Waals surface area contributed by atoms with E-state index < -0.39 is 4.92 Å². The predicted molar refractivity (Wildman–Crippen MR) is 109 cm³/mol. The molecule has 0 aliphatic carbocycles. The monoisotopic (exact) mass is 382 g/mol. The number of aromatic nitrogens is 1. The second-order valence-electron chi connectivity index (χ2n) is 7.59. The Morgan fingerprint density at radius 3 is 2.57 bits per heavy atom. The summed E-state index contributed by atoms with van der Waals surface area (Å²) in [6, 6.07) is 10.1. The summed E-state index contributed by atoms with van der Waals surface area (Å²) in [5.74, 6) is 0.302. The van der Waals surface area contributed by atoms with Crippen LogP contribution in [0.15, 0.2) is 47.6 Å². The number of carbonyl (C=O) groups is 1. The first-order valence-corrected chi connectivity index (χ1v) is 9.66. The van der Waals surface area contributed by atoms with Crippen LogP contribution in [0.3, 0.4) is 0 Å². The van der Waals surface area contributed by atoms with Crippen molar-refractivity contribution in [3.05, 3.63) is 63.8 Å². The average molecular weight is 382 g/mol. The molecule has 1 fully saturated rings. The molecule has 1 aromatic carbocycles. The van der Waals surface area contributed by atoms with Crippen molar-refractivity contribution in [2.24, 2.45) is 10.9 Å². The van der Waals surface area contributed by atoms with E-state index in [1.807, 2.05) is 24.8 Å². The first-order valence-electron chi connectivity index (χ1n) is 9.66. The molecule has 148 valence electrons. The second-order valence-corrected chi connectivity index (χ2v) is 7.59. The number of anilines is 1. The molecule has 7 heteroatoms. The molecule has 3 rings (SSSR count). The summed E-state index contributed by atoms with van der Waals surface area (Å²) in [7, 11) is 0. The van der Waals surface area contributed by atoms with Crippen molar-refractivity contribution in [1.82, 2.24) is 4.57 Å². The molecule has 7 nitrogen and oxygen atoms in total. The van der Waals surface area contributed by atoms with Crippen molar-refractivity contribution < 1.29 is 9.72 Å². The van der Waals surface area contributed by atoms with Gasteiger partial charge in [-0.25, -0.2) is 0 Å². The van der Waals surface area contributed by atoms with Gasteiger partial charge in [0.2, 0.25) is 0 Å². The molecule has 0 bridgehead atoms. The van der Waals surface area contributed by atoms with Crippen molar-refractivity contribution in [2.75, 3.05) is 18.0 Å². The number of benzene rings is 1. The van der Waals surface area contributed by atoms with E-state index in [1.165, 1.54) is 10.6 Å². The first-order chi connectivity index (χ1) is 13.4. The highest BCUT2D eigenvalue weighted by Gasteiger charge is 2.25. The number of hydrogen-bond acceptors (Lipinski definition) is 5. The summed E-state index contributed by atoms with van der Waals surface area (Å²) in [6.07, 6.45) is 3.66. The van der Waals surface area contributed by atoms with Crippen molar-refractivity contribution in [3.8, 4) is 0 Å². The van der Waals surface area contributed by atoms with Crippen LogP contribution in [0, 0.1) is 16.0 Å². The lowest BCUT2D eigenvalue weighted by Gasteiger charge is -2.31. The minimum absolute atomic E-state index is 0.0275. The zero-order chi connectivity index (χ0) is 20.3. The van der Waals surface area contributed by atoms with E-state index in [4.69, 9.17) is 0 Å². The van der Waals surface area contributed by atoms with Crippen molar-refractivity contribution in [2.45, 2.75) is 39.7 Å². The lowest BCUT2D eigenvalue weighted by molar-refractivity contribution is -0.384. The van der Waals surface area contributed by atoms with Gasteiger partial charge in [0.25, 0.3) is 11.6 Å². The number of nitro groups is 1. The van der Waals surface area contributed by atoms with Gasteiger partial charge in [-0.3, -0.25) is 24.5 Å². The Labute approximate surface area is 164 Å². The molecule has 1 saturated heterocycles. The molecular formula is C21H26N4O3. The maximum Gasteiger partial charge on any atom is 0.293 e. The zero-order valence-corrected chi connectivity index (χ0v) is 16.5. The fourth-order valence-electron chi connectivity index (χ4n) is 3.43. The molecule has 0 radical (unpaired) electrons. The predicted octanol–water partition coefficient (Wildman–Crippen LogP) is 3.63. The molecule has 2 aromatic rings. The van der Waals surface area contributed by atoms with E-state index in [1.54, 1.807) is 30.5 Å². The van der Waals surface area contributed by atoms with Gasteiger partial charge >= 0.3 is 0 Å². The fourth-order valence-corrected chi connectivity index (χ4v) is 3.43. The zero-order valence-electron chi connectivity index (χ0n) is 16.5. The highest BCUT2D eigenvalue weighted by molar-refractivity contribution is 5.97. The molecule has 1 aliphatic rings. The van der Waals surface area contributed by atoms with E-state index >= 15 is 0 Å². The Bertz CT molecular complexity index is 941. The number of hydrogen-bond donors (Lipinski definition) is 0. The molecule has 0 saturated carbocycles. The Morgan fingerprint density at radius 1 is 1.21 bits per heavy atom. The van der Waals surface area contributed by atoms with E-state index in [-0.39, 0.29) is 23.2 Å². The number of nitrogens with zero attached hydrogens (tertiary/aromatic N) is 4. The molecule has 1 aliphatic heterocycles. The standard InChI is InChI=1S/C21H26N4O3/c1-15(2)22-20-6-4-5-11-24(20)21(26)17-7-8-18(19(14-17)25(27)28)23-12-9-16(3)10-13-23/h4-8,11,14-16H,9-10,12-13H2,1-3H3. The SMILES string of the molecule is CC1CCN(c2ccc(C(=O)n3ccccc3=NC(C)C)cc2[N+](=O)[O-])CC1. The molecule has 0 N–H and O–H groups in total. The lowest BCUT2D eigenvalue weighted by atomic mass is 9.98. The van der Waals surface area contributed by atoms with Gasteiger partial charge in [-0.05, 0) is 56.9 Å². The smallest absolute Gasteiger partial charge is 0.293 e. The number of nitro benzene ring substituents is 1. The highest BCUT2D eigenvalue weighted by Crippen LogP contribution is 2.32. The van der Waals surface area contributed by atoms with E-state index in [0.717, 1.165) is 25.9 Å². The Kier molecular flexibility index (Phi) is 5.92. The van der Waals surface area contributed by atoms with Gasteiger partial charge < -0.3 is 4.90 Å². The van der Waals surface area contributed by atoms with Gasteiger partial charge in [0.1, 0.15) is 11.2 Å². The van der Waals surface area contributed by atoms with Crippen LogP contribution in [0.4, 0.5) is 11.4 Å². The van der Waals surface area contributed by atoms with Gasteiger partial charge in [0.05, 0.1) is 4.92 Å². The van der Waals surface area contributed by atoms with Crippen LogP contribution in [-0.4, -0.2) is 34.5 Å². The summed E-state index contributed by atoms with van der Waals surface area (Å²) in [6.45, 7) is 7.65. The Hall–Kier alpha value is -2.96. The Balaban J connectivity index is 1.99. The maximum absolute atomic E-state index is 13.0. The first kappa shape index (κ1) is 19.8. The van der Waals surface area contributed by atoms with E-state index in [2.05, 4.69) is 11.9 Å². The quantitative estimate of drug-likeness (QED) is 0.597. The third kappa shape index (κ3) is 4.30. The third-order valence-electron chi connectivity index (χ3n) is 4.99. The van der Waals surface area contributed by atoms with Gasteiger partial charge in [-0.2, -0.15) is 0 Å². The molecular weight excluding hydrogens is 356 g/mol. The van der Waals surface area contributed by atoms with Crippen molar-refractivity contribution in [1.29, 1.82) is 0 Å². The number of rotatable bonds is 4. The molecule has 1 aromatic heterocycles. The second kappa shape index (κ2) is 8.37. The summed E-state index contributed by atoms with van der Waals surface area (Å²) >= 11 is 0. The van der Waals surface area contributed by atoms with Crippen LogP contribution >= 0.6 is 0 Å². The molecule has 0 unspecified atom stereocenters. The lowest BCUT2D eigenvalue weighted by Crippen LogP contribution is -2.33. The Morgan fingerprint density at radius 2 is 1.93 bits per heavy atom. The van der Waals surface area contributed by atoms with Gasteiger partial charge in [-0.15, -0.1) is 0 Å². The minimum Gasteiger partial charge on any atom is -0.366 e.